The summed E-state index contributed by atoms with van der Waals surface area (Å²) >= 11 is 0. The van der Waals surface area contributed by atoms with Gasteiger partial charge in [0.2, 0.25) is 0 Å². The molecule has 3 rings (SSSR count). The molecule has 0 aliphatic heterocycles. The van der Waals surface area contributed by atoms with E-state index in [1.165, 1.54) is 11.1 Å². The van der Waals surface area contributed by atoms with Gasteiger partial charge in [0, 0.05) is 6.08 Å². The molecule has 0 aromatic heterocycles. The summed E-state index contributed by atoms with van der Waals surface area (Å²) in [6.07, 6.45) is 4.94. The number of benzene rings is 3. The van der Waals surface area contributed by atoms with E-state index in [0.29, 0.717) is 0 Å². The molecule has 0 spiro atoms. The number of carbonyl (C=O) groups is 1. The number of carboxylic acid groups (broad SMARTS) is 1. The second-order valence-corrected chi connectivity index (χ2v) is 5.55. The van der Waals surface area contributed by atoms with Crippen LogP contribution >= 0.6 is 0 Å². The number of carboxylic acids is 1. The van der Waals surface area contributed by atoms with Crippen LogP contribution in [0.25, 0.3) is 6.08 Å². The summed E-state index contributed by atoms with van der Waals surface area (Å²) in [6, 6.07) is 30.6. The normalized spacial score (nSPS) is 10.1. The van der Waals surface area contributed by atoms with Crippen LogP contribution in [0.3, 0.4) is 0 Å². The van der Waals surface area contributed by atoms with E-state index in [-0.39, 0.29) is 0 Å². The van der Waals surface area contributed by atoms with E-state index in [4.69, 9.17) is 5.11 Å². The van der Waals surface area contributed by atoms with Crippen molar-refractivity contribution in [3.63, 3.8) is 0 Å². The van der Waals surface area contributed by atoms with E-state index < -0.39 is 5.97 Å². The van der Waals surface area contributed by atoms with Crippen molar-refractivity contribution >= 4 is 12.0 Å². The maximum absolute atomic E-state index is 10.1. The fraction of sp³-hybridized carbons (Fsp3) is 0.0870. The minimum atomic E-state index is -0.922. The van der Waals surface area contributed by atoms with Gasteiger partial charge in [-0.25, -0.2) is 4.79 Å². The predicted molar refractivity (Wildman–Crippen MR) is 103 cm³/mol. The summed E-state index contributed by atoms with van der Waals surface area (Å²) in [6.45, 7) is 0. The van der Waals surface area contributed by atoms with Crippen molar-refractivity contribution in [3.05, 3.63) is 114 Å². The summed E-state index contributed by atoms with van der Waals surface area (Å²) < 4.78 is 0. The molecule has 3 aromatic carbocycles. The fourth-order valence-electron chi connectivity index (χ4n) is 2.31. The van der Waals surface area contributed by atoms with Gasteiger partial charge in [-0.2, -0.15) is 0 Å². The lowest BCUT2D eigenvalue weighted by molar-refractivity contribution is -0.131. The standard InChI is InChI=1S/C14H14.C9H8O2/c1-3-7-13(8-4-1)11-12-14-9-5-2-6-10-14;10-9(11)7-6-8-4-2-1-3-5-8/h1-10H,11-12H2;1-7H,(H,10,11)/b;7-6+. The van der Waals surface area contributed by atoms with Crippen LogP contribution in [0.5, 0.6) is 0 Å². The van der Waals surface area contributed by atoms with Crippen molar-refractivity contribution in [3.8, 4) is 0 Å². The molecule has 126 valence electrons. The third kappa shape index (κ3) is 7.80. The van der Waals surface area contributed by atoms with Crippen LogP contribution in [0.1, 0.15) is 16.7 Å². The van der Waals surface area contributed by atoms with Crippen molar-refractivity contribution < 1.29 is 9.90 Å². The van der Waals surface area contributed by atoms with Gasteiger partial charge in [-0.05, 0) is 35.6 Å². The number of rotatable bonds is 5. The molecule has 0 saturated heterocycles. The molecule has 25 heavy (non-hydrogen) atoms. The quantitative estimate of drug-likeness (QED) is 0.648. The van der Waals surface area contributed by atoms with Crippen molar-refractivity contribution in [2.45, 2.75) is 12.8 Å². The first-order valence-corrected chi connectivity index (χ1v) is 8.28. The Labute approximate surface area is 149 Å². The van der Waals surface area contributed by atoms with Crippen molar-refractivity contribution in [1.82, 2.24) is 0 Å². The van der Waals surface area contributed by atoms with E-state index in [1.807, 2.05) is 30.3 Å². The Morgan fingerprint density at radius 1 is 0.680 bits per heavy atom. The second-order valence-electron chi connectivity index (χ2n) is 5.55. The smallest absolute Gasteiger partial charge is 0.328 e. The summed E-state index contributed by atoms with van der Waals surface area (Å²) in [4.78, 5) is 10.1. The fourth-order valence-corrected chi connectivity index (χ4v) is 2.31. The van der Waals surface area contributed by atoms with Gasteiger partial charge >= 0.3 is 5.97 Å². The third-order valence-electron chi connectivity index (χ3n) is 3.61. The van der Waals surface area contributed by atoms with Crippen LogP contribution < -0.4 is 0 Å². The van der Waals surface area contributed by atoms with Crippen molar-refractivity contribution in [2.75, 3.05) is 0 Å². The van der Waals surface area contributed by atoms with Gasteiger partial charge in [0.15, 0.2) is 0 Å². The lowest BCUT2D eigenvalue weighted by atomic mass is 10.0. The SMILES string of the molecule is O=C(O)/C=C/c1ccccc1.c1ccc(CCc2ccccc2)cc1. The highest BCUT2D eigenvalue weighted by Crippen LogP contribution is 2.06. The van der Waals surface area contributed by atoms with Gasteiger partial charge in [-0.3, -0.25) is 0 Å². The van der Waals surface area contributed by atoms with E-state index in [9.17, 15) is 4.79 Å². The van der Waals surface area contributed by atoms with Gasteiger partial charge in [0.05, 0.1) is 0 Å². The minimum Gasteiger partial charge on any atom is -0.478 e. The van der Waals surface area contributed by atoms with Gasteiger partial charge in [-0.1, -0.05) is 91.0 Å². The highest BCUT2D eigenvalue weighted by molar-refractivity contribution is 5.85. The Kier molecular flexibility index (Phi) is 7.73. The Morgan fingerprint density at radius 3 is 1.48 bits per heavy atom. The Morgan fingerprint density at radius 2 is 1.08 bits per heavy atom. The first kappa shape index (κ1) is 18.2. The Balaban J connectivity index is 0.000000186. The number of hydrogen-bond acceptors (Lipinski definition) is 1. The molecule has 0 amide bonds. The predicted octanol–water partition coefficient (Wildman–Crippen LogP) is 5.26. The molecule has 0 bridgehead atoms. The highest BCUT2D eigenvalue weighted by Gasteiger charge is 1.93. The van der Waals surface area contributed by atoms with Crippen molar-refractivity contribution in [1.29, 1.82) is 0 Å². The Bertz CT molecular complexity index is 723. The monoisotopic (exact) mass is 330 g/mol. The lowest BCUT2D eigenvalue weighted by Gasteiger charge is -2.01. The molecule has 0 radical (unpaired) electrons. The minimum absolute atomic E-state index is 0.898. The maximum atomic E-state index is 10.1. The highest BCUT2D eigenvalue weighted by atomic mass is 16.4. The van der Waals surface area contributed by atoms with Crippen LogP contribution in [-0.4, -0.2) is 11.1 Å². The zero-order valence-corrected chi connectivity index (χ0v) is 14.1. The topological polar surface area (TPSA) is 37.3 Å². The van der Waals surface area contributed by atoms with Crippen LogP contribution in [0.2, 0.25) is 0 Å². The number of aliphatic carboxylic acids is 1. The van der Waals surface area contributed by atoms with Crippen molar-refractivity contribution in [2.24, 2.45) is 0 Å². The van der Waals surface area contributed by atoms with E-state index >= 15 is 0 Å². The molecule has 3 aromatic rings. The van der Waals surface area contributed by atoms with Crippen LogP contribution in [0, 0.1) is 0 Å². The zero-order valence-electron chi connectivity index (χ0n) is 14.1. The molecular formula is C23H22O2. The summed E-state index contributed by atoms with van der Waals surface area (Å²) in [7, 11) is 0. The van der Waals surface area contributed by atoms with E-state index in [0.717, 1.165) is 24.5 Å². The first-order valence-electron chi connectivity index (χ1n) is 8.28. The van der Waals surface area contributed by atoms with E-state index in [1.54, 1.807) is 6.08 Å². The molecule has 0 unspecified atom stereocenters. The van der Waals surface area contributed by atoms with Crippen LogP contribution in [-0.2, 0) is 17.6 Å². The molecular weight excluding hydrogens is 308 g/mol. The molecule has 1 N–H and O–H groups in total. The second kappa shape index (κ2) is 10.6. The third-order valence-corrected chi connectivity index (χ3v) is 3.61. The van der Waals surface area contributed by atoms with Gasteiger partial charge in [-0.15, -0.1) is 0 Å². The molecule has 0 saturated carbocycles. The summed E-state index contributed by atoms with van der Waals surface area (Å²) in [5.74, 6) is -0.922. The van der Waals surface area contributed by atoms with Crippen LogP contribution in [0.15, 0.2) is 97.1 Å². The Hall–Kier alpha value is -3.13. The summed E-state index contributed by atoms with van der Waals surface area (Å²) in [5, 5.41) is 8.29. The average Bonchev–Trinajstić information content (AvgIpc) is 2.68. The molecule has 0 aliphatic rings. The average molecular weight is 330 g/mol. The van der Waals surface area contributed by atoms with Gasteiger partial charge in [0.25, 0.3) is 0 Å². The summed E-state index contributed by atoms with van der Waals surface area (Å²) in [5.41, 5.74) is 3.72. The first-order chi connectivity index (χ1) is 12.2. The molecule has 2 nitrogen and oxygen atoms in total. The van der Waals surface area contributed by atoms with E-state index in [2.05, 4.69) is 60.7 Å². The van der Waals surface area contributed by atoms with Gasteiger partial charge in [0.1, 0.15) is 0 Å². The lowest BCUT2D eigenvalue weighted by Crippen LogP contribution is -1.89. The molecule has 0 fully saturated rings. The molecule has 0 aliphatic carbocycles. The molecule has 0 atom stereocenters. The zero-order chi connectivity index (χ0) is 17.7. The largest absolute Gasteiger partial charge is 0.478 e. The number of aryl methyl sites for hydroxylation is 2. The molecule has 2 heteroatoms. The van der Waals surface area contributed by atoms with Gasteiger partial charge < -0.3 is 5.11 Å². The molecule has 0 heterocycles. The van der Waals surface area contributed by atoms with Crippen LogP contribution in [0.4, 0.5) is 0 Å². The maximum Gasteiger partial charge on any atom is 0.328 e. The number of hydrogen-bond donors (Lipinski definition) is 1.